The van der Waals surface area contributed by atoms with Gasteiger partial charge in [-0.3, -0.25) is 0 Å². The van der Waals surface area contributed by atoms with E-state index in [1.807, 2.05) is 0 Å². The van der Waals surface area contributed by atoms with Crippen LogP contribution >= 0.6 is 0 Å². The van der Waals surface area contributed by atoms with Crippen LogP contribution in [0.5, 0.6) is 0 Å². The summed E-state index contributed by atoms with van der Waals surface area (Å²) < 4.78 is 0. The van der Waals surface area contributed by atoms with Gasteiger partial charge in [-0.2, -0.15) is 0 Å². The van der Waals surface area contributed by atoms with E-state index in [-0.39, 0.29) is 0 Å². The number of allylic oxidation sites excluding steroid dienone is 4. The highest BCUT2D eigenvalue weighted by Crippen LogP contribution is 2.38. The Labute approximate surface area is 130 Å². The molecule has 0 atom stereocenters. The quantitative estimate of drug-likeness (QED) is 0.573. The van der Waals surface area contributed by atoms with E-state index in [9.17, 15) is 0 Å². The van der Waals surface area contributed by atoms with Gasteiger partial charge in [0, 0.05) is 16.5 Å². The van der Waals surface area contributed by atoms with Crippen molar-refractivity contribution >= 4 is 27.2 Å². The summed E-state index contributed by atoms with van der Waals surface area (Å²) in [7, 11) is 0. The molecule has 4 rings (SSSR count). The van der Waals surface area contributed by atoms with Crippen LogP contribution in [0, 0.1) is 12.3 Å². The number of hydrogen-bond donors (Lipinski definition) is 1. The molecule has 0 spiro atoms. The van der Waals surface area contributed by atoms with E-state index in [2.05, 4.69) is 66.4 Å². The molecular weight excluding hydrogens is 266 g/mol. The summed E-state index contributed by atoms with van der Waals surface area (Å²) >= 11 is 0. The van der Waals surface area contributed by atoms with Gasteiger partial charge in [-0.1, -0.05) is 54.0 Å². The summed E-state index contributed by atoms with van der Waals surface area (Å²) in [6.45, 7) is 2.21. The Balaban J connectivity index is 2.19. The number of hydrogen-bond acceptors (Lipinski definition) is 0. The number of benzene rings is 2. The van der Waals surface area contributed by atoms with Crippen LogP contribution in [0.15, 0.2) is 54.1 Å². The highest BCUT2D eigenvalue weighted by Gasteiger charge is 2.18. The van der Waals surface area contributed by atoms with Gasteiger partial charge in [0.25, 0.3) is 0 Å². The molecule has 0 unspecified atom stereocenters. The van der Waals surface area contributed by atoms with Gasteiger partial charge in [-0.15, -0.1) is 6.42 Å². The molecule has 1 aromatic heterocycles. The van der Waals surface area contributed by atoms with Gasteiger partial charge in [0.1, 0.15) is 0 Å². The fourth-order valence-electron chi connectivity index (χ4n) is 3.42. The standard InChI is InChI=1S/C21H17N/c1-3-18-20(16-10-6-4-8-14(16)2)21-17-11-7-5-9-15(17)12-13-19(21)22-18/h1,5-7,9-13,22H,4,8H2,2H3. The second kappa shape index (κ2) is 4.93. The van der Waals surface area contributed by atoms with Crippen molar-refractivity contribution in [3.8, 4) is 12.3 Å². The molecule has 1 heteroatoms. The van der Waals surface area contributed by atoms with Crippen LogP contribution in [0.4, 0.5) is 0 Å². The Morgan fingerprint density at radius 3 is 2.82 bits per heavy atom. The molecule has 1 heterocycles. The summed E-state index contributed by atoms with van der Waals surface area (Å²) in [5.74, 6) is 2.84. The average molecular weight is 283 g/mol. The maximum atomic E-state index is 5.78. The number of rotatable bonds is 1. The highest BCUT2D eigenvalue weighted by molar-refractivity contribution is 6.13. The summed E-state index contributed by atoms with van der Waals surface area (Å²) in [5.41, 5.74) is 5.87. The lowest BCUT2D eigenvalue weighted by Gasteiger charge is -2.13. The van der Waals surface area contributed by atoms with Crippen LogP contribution in [0.2, 0.25) is 0 Å². The highest BCUT2D eigenvalue weighted by atomic mass is 14.7. The predicted molar refractivity (Wildman–Crippen MR) is 94.7 cm³/mol. The fourth-order valence-corrected chi connectivity index (χ4v) is 3.42. The lowest BCUT2D eigenvalue weighted by Crippen LogP contribution is -1.93. The van der Waals surface area contributed by atoms with E-state index in [0.29, 0.717) is 0 Å². The second-order valence-corrected chi connectivity index (χ2v) is 5.86. The van der Waals surface area contributed by atoms with Crippen LogP contribution in [-0.4, -0.2) is 4.98 Å². The Morgan fingerprint density at radius 1 is 1.14 bits per heavy atom. The molecule has 0 aliphatic heterocycles. The summed E-state index contributed by atoms with van der Waals surface area (Å²) in [6.07, 6.45) is 12.5. The molecule has 0 fully saturated rings. The van der Waals surface area contributed by atoms with E-state index < -0.39 is 0 Å². The zero-order valence-corrected chi connectivity index (χ0v) is 12.6. The zero-order valence-electron chi connectivity index (χ0n) is 12.6. The first-order valence-electron chi connectivity index (χ1n) is 7.66. The van der Waals surface area contributed by atoms with E-state index in [4.69, 9.17) is 6.42 Å². The number of aromatic amines is 1. The van der Waals surface area contributed by atoms with E-state index in [0.717, 1.165) is 24.1 Å². The lowest BCUT2D eigenvalue weighted by atomic mass is 9.90. The Morgan fingerprint density at radius 2 is 2.00 bits per heavy atom. The molecule has 0 amide bonds. The minimum absolute atomic E-state index is 0.882. The number of H-pyrrole nitrogens is 1. The maximum absolute atomic E-state index is 5.78. The van der Waals surface area contributed by atoms with Crippen LogP contribution in [0.25, 0.3) is 27.2 Å². The number of aromatic nitrogens is 1. The third-order valence-corrected chi connectivity index (χ3v) is 4.53. The van der Waals surface area contributed by atoms with E-state index in [1.165, 1.54) is 32.9 Å². The first kappa shape index (κ1) is 13.0. The number of terminal acetylenes is 1. The third kappa shape index (κ3) is 1.81. The predicted octanol–water partition coefficient (Wildman–Crippen LogP) is 5.43. The zero-order chi connectivity index (χ0) is 15.1. The summed E-state index contributed by atoms with van der Waals surface area (Å²) in [5, 5.41) is 3.75. The van der Waals surface area contributed by atoms with Gasteiger partial charge in [0.05, 0.1) is 5.69 Å². The Kier molecular flexibility index (Phi) is 2.91. The fraction of sp³-hybridized carbons (Fsp3) is 0.143. The van der Waals surface area contributed by atoms with Gasteiger partial charge >= 0.3 is 0 Å². The van der Waals surface area contributed by atoms with Crippen LogP contribution < -0.4 is 0 Å². The van der Waals surface area contributed by atoms with Crippen LogP contribution in [0.3, 0.4) is 0 Å². The van der Waals surface area contributed by atoms with Gasteiger partial charge in [-0.05, 0) is 42.2 Å². The van der Waals surface area contributed by atoms with Gasteiger partial charge in [-0.25, -0.2) is 0 Å². The Hall–Kier alpha value is -2.72. The smallest absolute Gasteiger partial charge is 0.0981 e. The molecule has 22 heavy (non-hydrogen) atoms. The van der Waals surface area contributed by atoms with Crippen molar-refractivity contribution in [2.75, 3.05) is 0 Å². The van der Waals surface area contributed by atoms with Gasteiger partial charge in [0.15, 0.2) is 0 Å². The second-order valence-electron chi connectivity index (χ2n) is 5.86. The van der Waals surface area contributed by atoms with Crippen molar-refractivity contribution in [2.24, 2.45) is 0 Å². The average Bonchev–Trinajstić information content (AvgIpc) is 2.94. The summed E-state index contributed by atoms with van der Waals surface area (Å²) in [4.78, 5) is 3.42. The van der Waals surface area contributed by atoms with Crippen molar-refractivity contribution in [1.82, 2.24) is 4.98 Å². The van der Waals surface area contributed by atoms with Crippen LogP contribution in [-0.2, 0) is 0 Å². The number of nitrogens with one attached hydrogen (secondary N) is 1. The molecule has 0 bridgehead atoms. The summed E-state index contributed by atoms with van der Waals surface area (Å²) in [6, 6.07) is 12.8. The molecule has 0 radical (unpaired) electrons. The first-order valence-corrected chi connectivity index (χ1v) is 7.66. The lowest BCUT2D eigenvalue weighted by molar-refractivity contribution is 0.967. The molecule has 1 N–H and O–H groups in total. The van der Waals surface area contributed by atoms with Crippen molar-refractivity contribution in [1.29, 1.82) is 0 Å². The first-order chi connectivity index (χ1) is 10.8. The molecule has 106 valence electrons. The van der Waals surface area contributed by atoms with Crippen molar-refractivity contribution in [3.05, 3.63) is 65.4 Å². The minimum Gasteiger partial charge on any atom is -0.348 e. The van der Waals surface area contributed by atoms with E-state index in [1.54, 1.807) is 0 Å². The molecule has 1 aliphatic carbocycles. The minimum atomic E-state index is 0.882. The van der Waals surface area contributed by atoms with Crippen molar-refractivity contribution in [2.45, 2.75) is 19.8 Å². The number of fused-ring (bicyclic) bond motifs is 3. The molecule has 1 nitrogen and oxygen atoms in total. The van der Waals surface area contributed by atoms with Crippen molar-refractivity contribution in [3.63, 3.8) is 0 Å². The molecule has 3 aromatic rings. The molecular formula is C21H17N. The van der Waals surface area contributed by atoms with Gasteiger partial charge in [0.2, 0.25) is 0 Å². The third-order valence-electron chi connectivity index (χ3n) is 4.53. The molecule has 0 saturated carbocycles. The monoisotopic (exact) mass is 283 g/mol. The molecule has 0 saturated heterocycles. The Bertz CT molecular complexity index is 990. The SMILES string of the molecule is C#Cc1[nH]c2ccc3ccccc3c2c1C1=C(C)CCC=C1. The molecule has 2 aromatic carbocycles. The normalized spacial score (nSPS) is 14.7. The van der Waals surface area contributed by atoms with Crippen molar-refractivity contribution < 1.29 is 0 Å². The van der Waals surface area contributed by atoms with E-state index >= 15 is 0 Å². The van der Waals surface area contributed by atoms with Crippen LogP contribution in [0.1, 0.15) is 31.0 Å². The molecule has 1 aliphatic rings. The maximum Gasteiger partial charge on any atom is 0.0981 e. The van der Waals surface area contributed by atoms with Gasteiger partial charge < -0.3 is 4.98 Å². The largest absolute Gasteiger partial charge is 0.348 e. The topological polar surface area (TPSA) is 15.8 Å².